The smallest absolute Gasteiger partial charge is 0.193 e. The van der Waals surface area contributed by atoms with E-state index in [1.54, 1.807) is 0 Å². The van der Waals surface area contributed by atoms with Gasteiger partial charge >= 0.3 is 0 Å². The number of benzene rings is 1. The molecule has 1 fully saturated rings. The lowest BCUT2D eigenvalue weighted by Crippen LogP contribution is -2.34. The number of ether oxygens (including phenoxy) is 1. The summed E-state index contributed by atoms with van der Waals surface area (Å²) in [5, 5.41) is 3.13. The van der Waals surface area contributed by atoms with E-state index in [4.69, 9.17) is 10.5 Å². The van der Waals surface area contributed by atoms with E-state index in [2.05, 4.69) is 22.3 Å². The number of nitrogens with zero attached hydrogens (tertiary/aromatic N) is 2. The number of aliphatic imine (C=N–C) groups is 1. The average molecular weight is 432 g/mol. The highest BCUT2D eigenvalue weighted by atomic mass is 127. The van der Waals surface area contributed by atoms with E-state index in [0.717, 1.165) is 24.5 Å². The van der Waals surface area contributed by atoms with Crippen molar-refractivity contribution in [3.8, 4) is 5.75 Å². The maximum atomic E-state index is 5.97. The van der Waals surface area contributed by atoms with Gasteiger partial charge in [0, 0.05) is 18.8 Å². The van der Waals surface area contributed by atoms with Crippen molar-refractivity contribution in [2.45, 2.75) is 32.8 Å². The summed E-state index contributed by atoms with van der Waals surface area (Å²) in [5.74, 6) is 1.95. The van der Waals surface area contributed by atoms with Gasteiger partial charge in [-0.3, -0.25) is 4.99 Å². The monoisotopic (exact) mass is 432 g/mol. The third kappa shape index (κ3) is 7.39. The molecule has 1 saturated heterocycles. The molecule has 1 aliphatic rings. The number of guanidine groups is 1. The summed E-state index contributed by atoms with van der Waals surface area (Å²) >= 11 is 0. The number of hydrogen-bond donors (Lipinski definition) is 2. The molecule has 0 aliphatic carbocycles. The molecule has 1 aliphatic heterocycles. The molecule has 2 rings (SSSR count). The number of likely N-dealkylation sites (tertiary alicyclic amines) is 1. The van der Waals surface area contributed by atoms with Crippen LogP contribution in [0.15, 0.2) is 29.3 Å². The quantitative estimate of drug-likeness (QED) is 0.426. The first-order valence-electron chi connectivity index (χ1n) is 8.05. The third-order valence-electron chi connectivity index (χ3n) is 3.74. The Balaban J connectivity index is 0.00000264. The van der Waals surface area contributed by atoms with Crippen LogP contribution in [0.25, 0.3) is 0 Å². The van der Waals surface area contributed by atoms with E-state index in [0.29, 0.717) is 11.9 Å². The van der Waals surface area contributed by atoms with Gasteiger partial charge in [0.05, 0.1) is 6.10 Å². The van der Waals surface area contributed by atoms with E-state index < -0.39 is 0 Å². The van der Waals surface area contributed by atoms with Crippen molar-refractivity contribution in [2.75, 3.05) is 32.0 Å². The predicted molar refractivity (Wildman–Crippen MR) is 108 cm³/mol. The number of nitrogens with two attached hydrogens (primary N) is 1. The fraction of sp³-hybridized carbons (Fsp3) is 0.588. The standard InChI is InChI=1S/C17H28N4O.HI/c1-13(2)22-16-8-6-15(7-9-16)20-17(18)19-11-14-5-4-10-21(3)12-14;/h6-9,13-14H,4-5,10-12H2,1-3H3,(H3,18,19,20);1H. The van der Waals surface area contributed by atoms with Crippen molar-refractivity contribution >= 4 is 35.6 Å². The molecule has 1 unspecified atom stereocenters. The normalized spacial score (nSPS) is 19.3. The van der Waals surface area contributed by atoms with Gasteiger partial charge < -0.3 is 20.7 Å². The first-order chi connectivity index (χ1) is 10.5. The van der Waals surface area contributed by atoms with Crippen LogP contribution in [-0.2, 0) is 0 Å². The van der Waals surface area contributed by atoms with Crippen molar-refractivity contribution < 1.29 is 4.74 Å². The van der Waals surface area contributed by atoms with Gasteiger partial charge in [-0.2, -0.15) is 0 Å². The lowest BCUT2D eigenvalue weighted by molar-refractivity contribution is 0.214. The van der Waals surface area contributed by atoms with Gasteiger partial charge in [-0.25, -0.2) is 0 Å². The van der Waals surface area contributed by atoms with Gasteiger partial charge in [0.2, 0.25) is 0 Å². The molecule has 3 N–H and O–H groups in total. The van der Waals surface area contributed by atoms with Crippen LogP contribution >= 0.6 is 24.0 Å². The molecule has 0 saturated carbocycles. The fourth-order valence-corrected chi connectivity index (χ4v) is 2.73. The second-order valence-electron chi connectivity index (χ2n) is 6.31. The first kappa shape index (κ1) is 20.0. The summed E-state index contributed by atoms with van der Waals surface area (Å²) in [6.07, 6.45) is 2.67. The SMILES string of the molecule is CC(C)Oc1ccc(NC(N)=NCC2CCCN(C)C2)cc1.I. The summed E-state index contributed by atoms with van der Waals surface area (Å²) in [6, 6.07) is 7.78. The zero-order chi connectivity index (χ0) is 15.9. The van der Waals surface area contributed by atoms with Crippen LogP contribution in [0.2, 0.25) is 0 Å². The van der Waals surface area contributed by atoms with Crippen LogP contribution in [-0.4, -0.2) is 43.6 Å². The Bertz CT molecular complexity index is 490. The largest absolute Gasteiger partial charge is 0.491 e. The van der Waals surface area contributed by atoms with Gasteiger partial charge in [0.25, 0.3) is 0 Å². The number of rotatable bonds is 5. The summed E-state index contributed by atoms with van der Waals surface area (Å²) in [5.41, 5.74) is 6.90. The molecule has 0 amide bonds. The van der Waals surface area contributed by atoms with Crippen LogP contribution in [0.1, 0.15) is 26.7 Å². The predicted octanol–water partition coefficient (Wildman–Crippen LogP) is 3.16. The first-order valence-corrected chi connectivity index (χ1v) is 8.05. The van der Waals surface area contributed by atoms with Gasteiger partial charge in [-0.1, -0.05) is 0 Å². The van der Waals surface area contributed by atoms with Crippen LogP contribution in [0, 0.1) is 5.92 Å². The fourth-order valence-electron chi connectivity index (χ4n) is 2.73. The van der Waals surface area contributed by atoms with Crippen LogP contribution < -0.4 is 15.8 Å². The highest BCUT2D eigenvalue weighted by Crippen LogP contribution is 2.17. The molecule has 23 heavy (non-hydrogen) atoms. The third-order valence-corrected chi connectivity index (χ3v) is 3.74. The summed E-state index contributed by atoms with van der Waals surface area (Å²) in [7, 11) is 2.16. The number of hydrogen-bond acceptors (Lipinski definition) is 3. The van der Waals surface area contributed by atoms with E-state index in [9.17, 15) is 0 Å². The van der Waals surface area contributed by atoms with E-state index in [1.165, 1.54) is 19.4 Å². The minimum Gasteiger partial charge on any atom is -0.491 e. The Morgan fingerprint density at radius 1 is 1.39 bits per heavy atom. The molecule has 0 spiro atoms. The molecule has 0 aromatic heterocycles. The average Bonchev–Trinajstić information content (AvgIpc) is 2.47. The highest BCUT2D eigenvalue weighted by molar-refractivity contribution is 14.0. The molecule has 1 atom stereocenters. The van der Waals surface area contributed by atoms with Crippen molar-refractivity contribution in [3.63, 3.8) is 0 Å². The Labute approximate surface area is 156 Å². The van der Waals surface area contributed by atoms with Crippen LogP contribution in [0.5, 0.6) is 5.75 Å². The summed E-state index contributed by atoms with van der Waals surface area (Å²) < 4.78 is 5.62. The van der Waals surface area contributed by atoms with Crippen LogP contribution in [0.4, 0.5) is 5.69 Å². The van der Waals surface area contributed by atoms with Gasteiger partial charge in [-0.05, 0) is 70.5 Å². The molecule has 0 bridgehead atoms. The molecule has 1 heterocycles. The minimum atomic E-state index is 0. The van der Waals surface area contributed by atoms with E-state index >= 15 is 0 Å². The molecular weight excluding hydrogens is 403 g/mol. The second-order valence-corrected chi connectivity index (χ2v) is 6.31. The molecule has 0 radical (unpaired) electrons. The van der Waals surface area contributed by atoms with E-state index in [1.807, 2.05) is 38.1 Å². The Hall–Kier alpha value is -1.02. The summed E-state index contributed by atoms with van der Waals surface area (Å²) in [6.45, 7) is 7.12. The number of piperidine rings is 1. The zero-order valence-corrected chi connectivity index (χ0v) is 16.6. The second kappa shape index (κ2) is 9.97. The summed E-state index contributed by atoms with van der Waals surface area (Å²) in [4.78, 5) is 6.84. The molecule has 6 heteroatoms. The van der Waals surface area contributed by atoms with Crippen molar-refractivity contribution in [3.05, 3.63) is 24.3 Å². The lowest BCUT2D eigenvalue weighted by atomic mass is 9.99. The minimum absolute atomic E-state index is 0. The molecule has 5 nitrogen and oxygen atoms in total. The number of anilines is 1. The molecule has 1 aromatic carbocycles. The number of nitrogens with one attached hydrogen (secondary N) is 1. The topological polar surface area (TPSA) is 62.9 Å². The molecule has 130 valence electrons. The molecular formula is C17H29IN4O. The van der Waals surface area contributed by atoms with Crippen LogP contribution in [0.3, 0.4) is 0 Å². The van der Waals surface area contributed by atoms with E-state index in [-0.39, 0.29) is 30.1 Å². The maximum absolute atomic E-state index is 5.97. The lowest BCUT2D eigenvalue weighted by Gasteiger charge is -2.28. The van der Waals surface area contributed by atoms with Gasteiger partial charge in [0.1, 0.15) is 5.75 Å². The van der Waals surface area contributed by atoms with Crippen molar-refractivity contribution in [1.29, 1.82) is 0 Å². The zero-order valence-electron chi connectivity index (χ0n) is 14.3. The van der Waals surface area contributed by atoms with Gasteiger partial charge in [0.15, 0.2) is 5.96 Å². The highest BCUT2D eigenvalue weighted by Gasteiger charge is 2.16. The Morgan fingerprint density at radius 2 is 2.09 bits per heavy atom. The maximum Gasteiger partial charge on any atom is 0.193 e. The molecule has 1 aromatic rings. The Morgan fingerprint density at radius 3 is 2.70 bits per heavy atom. The van der Waals surface area contributed by atoms with Gasteiger partial charge in [-0.15, -0.1) is 24.0 Å². The van der Waals surface area contributed by atoms with Crippen molar-refractivity contribution in [1.82, 2.24) is 4.90 Å². The van der Waals surface area contributed by atoms with Crippen molar-refractivity contribution in [2.24, 2.45) is 16.6 Å². The Kier molecular flexibility index (Phi) is 8.68. The number of halogens is 1.